The van der Waals surface area contributed by atoms with Crippen LogP contribution in [0.2, 0.25) is 0 Å². The molecule has 3 heterocycles. The minimum Gasteiger partial charge on any atom is -0.465 e. The maximum Gasteiger partial charge on any atom is 0.347 e. The third-order valence-electron chi connectivity index (χ3n) is 5.39. The molecular formula is C26H27BrN2O6S. The van der Waals surface area contributed by atoms with Crippen molar-refractivity contribution in [2.45, 2.75) is 45.0 Å². The van der Waals surface area contributed by atoms with Crippen LogP contribution in [-0.2, 0) is 25.4 Å². The summed E-state index contributed by atoms with van der Waals surface area (Å²) in [5.74, 6) is 6.45. The molecule has 2 aromatic heterocycles. The van der Waals surface area contributed by atoms with Crippen molar-refractivity contribution in [3.8, 4) is 23.5 Å². The van der Waals surface area contributed by atoms with Crippen molar-refractivity contribution >= 4 is 43.5 Å². The van der Waals surface area contributed by atoms with Crippen LogP contribution >= 0.6 is 27.3 Å². The average Bonchev–Trinajstić information content (AvgIpc) is 3.22. The Morgan fingerprint density at radius 2 is 2.17 bits per heavy atom. The Labute approximate surface area is 222 Å². The van der Waals surface area contributed by atoms with E-state index in [4.69, 9.17) is 23.7 Å². The molecule has 0 radical (unpaired) electrons. The summed E-state index contributed by atoms with van der Waals surface area (Å²) in [5.41, 5.74) is 0.811. The summed E-state index contributed by atoms with van der Waals surface area (Å²) in [7, 11) is 1.59. The van der Waals surface area contributed by atoms with Gasteiger partial charge in [-0.15, -0.1) is 11.3 Å². The van der Waals surface area contributed by atoms with Gasteiger partial charge in [0, 0.05) is 20.0 Å². The van der Waals surface area contributed by atoms with Crippen molar-refractivity contribution in [3.05, 3.63) is 45.5 Å². The van der Waals surface area contributed by atoms with Gasteiger partial charge < -0.3 is 23.7 Å². The van der Waals surface area contributed by atoms with Crippen LogP contribution in [0, 0.1) is 11.8 Å². The lowest BCUT2D eigenvalue weighted by Gasteiger charge is -2.25. The number of carbonyl (C=O) groups is 1. The van der Waals surface area contributed by atoms with E-state index in [0.29, 0.717) is 33.7 Å². The number of para-hydroxylation sites is 1. The second kappa shape index (κ2) is 13.0. The number of thiophene rings is 1. The van der Waals surface area contributed by atoms with Gasteiger partial charge >= 0.3 is 5.97 Å². The van der Waals surface area contributed by atoms with Gasteiger partial charge in [0.1, 0.15) is 23.5 Å². The Bertz CT molecular complexity index is 1250. The Morgan fingerprint density at radius 1 is 1.31 bits per heavy atom. The van der Waals surface area contributed by atoms with Crippen molar-refractivity contribution in [1.29, 1.82) is 0 Å². The Balaban J connectivity index is 1.62. The molecule has 1 aliphatic heterocycles. The zero-order valence-corrected chi connectivity index (χ0v) is 22.5. The highest BCUT2D eigenvalue weighted by Crippen LogP contribution is 2.39. The second-order valence-electron chi connectivity index (χ2n) is 7.92. The predicted octanol–water partition coefficient (Wildman–Crippen LogP) is 4.91. The van der Waals surface area contributed by atoms with Gasteiger partial charge in [-0.3, -0.25) is 0 Å². The van der Waals surface area contributed by atoms with E-state index in [1.54, 1.807) is 14.0 Å². The fourth-order valence-electron chi connectivity index (χ4n) is 3.71. The van der Waals surface area contributed by atoms with E-state index in [0.717, 1.165) is 29.7 Å². The number of fused-ring (bicyclic) bond motifs is 1. The van der Waals surface area contributed by atoms with Crippen molar-refractivity contribution in [2.75, 3.05) is 26.9 Å². The Morgan fingerprint density at radius 3 is 2.94 bits per heavy atom. The van der Waals surface area contributed by atoms with Gasteiger partial charge in [-0.2, -0.15) is 0 Å². The number of hydrogen-bond acceptors (Lipinski definition) is 9. The van der Waals surface area contributed by atoms with Gasteiger partial charge in [-0.1, -0.05) is 30.0 Å². The quantitative estimate of drug-likeness (QED) is 0.263. The number of nitrogens with zero attached hydrogens (tertiary/aromatic N) is 2. The van der Waals surface area contributed by atoms with E-state index in [1.807, 2.05) is 24.3 Å². The molecule has 0 spiro atoms. The summed E-state index contributed by atoms with van der Waals surface area (Å²) < 4.78 is 29.1. The molecule has 0 saturated carbocycles. The lowest BCUT2D eigenvalue weighted by molar-refractivity contribution is -0.151. The third-order valence-corrected chi connectivity index (χ3v) is 7.46. The number of ether oxygens (including phenoxy) is 5. The van der Waals surface area contributed by atoms with Crippen LogP contribution < -0.4 is 9.47 Å². The second-order valence-corrected chi connectivity index (χ2v) is 9.72. The number of carbonyl (C=O) groups excluding carboxylic acids is 1. The summed E-state index contributed by atoms with van der Waals surface area (Å²) in [6.07, 6.45) is 3.30. The molecule has 1 fully saturated rings. The van der Waals surface area contributed by atoms with E-state index in [2.05, 4.69) is 37.7 Å². The summed E-state index contributed by atoms with van der Waals surface area (Å²) in [4.78, 5) is 23.1. The van der Waals surface area contributed by atoms with Crippen LogP contribution in [0.1, 0.15) is 36.6 Å². The van der Waals surface area contributed by atoms with Crippen LogP contribution in [0.3, 0.4) is 0 Å². The molecule has 190 valence electrons. The minimum absolute atomic E-state index is 0.229. The molecule has 2 atom stereocenters. The highest BCUT2D eigenvalue weighted by molar-refractivity contribution is 9.10. The molecule has 0 amide bonds. The van der Waals surface area contributed by atoms with Crippen LogP contribution in [0.25, 0.3) is 10.2 Å². The molecule has 0 N–H and O–H groups in total. The highest BCUT2D eigenvalue weighted by atomic mass is 79.9. The first-order valence-corrected chi connectivity index (χ1v) is 13.3. The number of methoxy groups -OCH3 is 1. The number of benzene rings is 1. The van der Waals surface area contributed by atoms with Crippen molar-refractivity contribution in [1.82, 2.24) is 9.97 Å². The zero-order chi connectivity index (χ0) is 25.3. The molecule has 8 nitrogen and oxygen atoms in total. The third kappa shape index (κ3) is 6.53. The Kier molecular flexibility index (Phi) is 9.53. The van der Waals surface area contributed by atoms with E-state index in [9.17, 15) is 4.79 Å². The van der Waals surface area contributed by atoms with E-state index in [-0.39, 0.29) is 25.2 Å². The largest absolute Gasteiger partial charge is 0.465 e. The average molecular weight is 575 g/mol. The molecule has 1 unspecified atom stereocenters. The van der Waals surface area contributed by atoms with Gasteiger partial charge in [0.05, 0.1) is 27.9 Å². The fraction of sp³-hybridized carbons (Fsp3) is 0.423. The smallest absolute Gasteiger partial charge is 0.347 e. The van der Waals surface area contributed by atoms with Gasteiger partial charge in [-0.25, -0.2) is 14.8 Å². The van der Waals surface area contributed by atoms with E-state index in [1.165, 1.54) is 17.7 Å². The summed E-state index contributed by atoms with van der Waals surface area (Å²) >= 11 is 5.01. The molecule has 0 bridgehead atoms. The molecule has 4 rings (SSSR count). The number of hydrogen-bond donors (Lipinski definition) is 0. The van der Waals surface area contributed by atoms with Crippen LogP contribution in [0.4, 0.5) is 0 Å². The van der Waals surface area contributed by atoms with Crippen LogP contribution in [0.15, 0.2) is 35.1 Å². The molecule has 0 aliphatic carbocycles. The van der Waals surface area contributed by atoms with E-state index < -0.39 is 12.1 Å². The first kappa shape index (κ1) is 26.4. The number of rotatable bonds is 9. The molecular weight excluding hydrogens is 548 g/mol. The van der Waals surface area contributed by atoms with Crippen LogP contribution in [0.5, 0.6) is 11.6 Å². The molecule has 36 heavy (non-hydrogen) atoms. The topological polar surface area (TPSA) is 89.0 Å². The maximum absolute atomic E-state index is 13.0. The number of halogens is 1. The Hall–Kier alpha value is -2.71. The van der Waals surface area contributed by atoms with E-state index >= 15 is 0 Å². The predicted molar refractivity (Wildman–Crippen MR) is 139 cm³/mol. The molecule has 10 heteroatoms. The normalized spacial score (nSPS) is 16.1. The van der Waals surface area contributed by atoms with Crippen molar-refractivity contribution in [2.24, 2.45) is 0 Å². The summed E-state index contributed by atoms with van der Waals surface area (Å²) in [6.45, 7) is 2.98. The van der Waals surface area contributed by atoms with Gasteiger partial charge in [0.25, 0.3) is 0 Å². The number of esters is 1. The van der Waals surface area contributed by atoms with Gasteiger partial charge in [0.15, 0.2) is 6.29 Å². The van der Waals surface area contributed by atoms with Gasteiger partial charge in [-0.05, 0) is 47.3 Å². The molecule has 3 aromatic rings. The van der Waals surface area contributed by atoms with Crippen molar-refractivity contribution in [3.63, 3.8) is 0 Å². The number of aromatic nitrogens is 2. The summed E-state index contributed by atoms with van der Waals surface area (Å²) in [6, 6.07) is 7.58. The molecule has 1 aromatic carbocycles. The standard InChI is InChI=1S/C26H27BrN2O6S/c1-3-32-26(30)19(15-17-9-4-5-10-18(17)34-21-12-6-7-14-33-21)35-24-22-23(27)20(11-8-13-31-2)36-25(22)29-16-28-24/h4-5,9-10,16,19,21H,3,6-7,12-15H2,1-2H3/t19-,21?/m1/s1. The summed E-state index contributed by atoms with van der Waals surface area (Å²) in [5, 5.41) is 0.652. The van der Waals surface area contributed by atoms with Gasteiger partial charge in [0.2, 0.25) is 12.0 Å². The monoisotopic (exact) mass is 574 g/mol. The molecule has 1 saturated heterocycles. The maximum atomic E-state index is 13.0. The minimum atomic E-state index is -0.949. The zero-order valence-electron chi connectivity index (χ0n) is 20.1. The lowest BCUT2D eigenvalue weighted by Crippen LogP contribution is -2.32. The SMILES string of the molecule is CCOC(=O)[C@@H](Cc1ccccc1OC1CCCCO1)Oc1ncnc2sc(C#CCOC)c(Br)c12. The highest BCUT2D eigenvalue weighted by Gasteiger charge is 2.27. The lowest BCUT2D eigenvalue weighted by atomic mass is 10.1. The fourth-order valence-corrected chi connectivity index (χ4v) is 5.44. The molecule has 1 aliphatic rings. The van der Waals surface area contributed by atoms with Crippen LogP contribution in [-0.4, -0.2) is 55.3 Å². The first-order chi connectivity index (χ1) is 17.6. The first-order valence-electron chi connectivity index (χ1n) is 11.7. The van der Waals surface area contributed by atoms with Crippen molar-refractivity contribution < 1.29 is 28.5 Å².